The highest BCUT2D eigenvalue weighted by Crippen LogP contribution is 2.32. The molecule has 4 nitrogen and oxygen atoms in total. The second kappa shape index (κ2) is 9.32. The number of rotatable bonds is 8. The first-order valence-corrected chi connectivity index (χ1v) is 8.38. The van der Waals surface area contributed by atoms with Crippen LogP contribution in [0.4, 0.5) is 17.6 Å². The highest BCUT2D eigenvalue weighted by Gasteiger charge is 2.33. The van der Waals surface area contributed by atoms with E-state index in [0.29, 0.717) is 25.6 Å². The molecule has 1 aromatic rings. The molecule has 0 heterocycles. The van der Waals surface area contributed by atoms with E-state index in [2.05, 4.69) is 5.32 Å². The average molecular weight is 378 g/mol. The van der Waals surface area contributed by atoms with Crippen LogP contribution in [0.5, 0.6) is 0 Å². The van der Waals surface area contributed by atoms with Crippen LogP contribution in [0, 0.1) is 11.2 Å². The Hall–Kier alpha value is -1.67. The molecule has 148 valence electrons. The van der Waals surface area contributed by atoms with Gasteiger partial charge in [0, 0.05) is 26.2 Å². The number of amides is 1. The lowest BCUT2D eigenvalue weighted by atomic mass is 9.96. The molecule has 26 heavy (non-hydrogen) atoms. The van der Waals surface area contributed by atoms with Crippen LogP contribution < -0.4 is 5.32 Å². The van der Waals surface area contributed by atoms with Crippen LogP contribution in [0.3, 0.4) is 0 Å². The summed E-state index contributed by atoms with van der Waals surface area (Å²) < 4.78 is 52.0. The van der Waals surface area contributed by atoms with Crippen LogP contribution in [0.1, 0.15) is 38.3 Å². The van der Waals surface area contributed by atoms with Crippen molar-refractivity contribution < 1.29 is 27.5 Å². The van der Waals surface area contributed by atoms with Crippen molar-refractivity contribution in [1.29, 1.82) is 0 Å². The van der Waals surface area contributed by atoms with E-state index in [9.17, 15) is 22.4 Å². The monoisotopic (exact) mass is 378 g/mol. The lowest BCUT2D eigenvalue weighted by Gasteiger charge is -2.29. The molecule has 0 fully saturated rings. The Morgan fingerprint density at radius 2 is 1.88 bits per heavy atom. The zero-order valence-electron chi connectivity index (χ0n) is 15.3. The maximum atomic E-state index is 13.1. The zero-order chi connectivity index (χ0) is 20.0. The third kappa shape index (κ3) is 8.14. The molecule has 0 aliphatic heterocycles. The highest BCUT2D eigenvalue weighted by molar-refractivity contribution is 5.78. The number of hydrogen-bond donors (Lipinski definition) is 2. The van der Waals surface area contributed by atoms with Gasteiger partial charge in [-0.2, -0.15) is 13.2 Å². The van der Waals surface area contributed by atoms with Gasteiger partial charge in [0.15, 0.2) is 0 Å². The molecular weight excluding hydrogens is 352 g/mol. The van der Waals surface area contributed by atoms with Crippen molar-refractivity contribution in [2.45, 2.75) is 39.9 Å². The topological polar surface area (TPSA) is 52.6 Å². The summed E-state index contributed by atoms with van der Waals surface area (Å²) in [5.74, 6) is -1.41. The van der Waals surface area contributed by atoms with Gasteiger partial charge in [0.1, 0.15) is 5.82 Å². The fourth-order valence-corrected chi connectivity index (χ4v) is 2.60. The van der Waals surface area contributed by atoms with E-state index >= 15 is 0 Å². The van der Waals surface area contributed by atoms with Crippen LogP contribution in [0.25, 0.3) is 0 Å². The fourth-order valence-electron chi connectivity index (χ4n) is 2.60. The van der Waals surface area contributed by atoms with Crippen molar-refractivity contribution in [2.24, 2.45) is 5.41 Å². The molecule has 1 amide bonds. The van der Waals surface area contributed by atoms with Gasteiger partial charge in [-0.15, -0.1) is 0 Å². The number of halogens is 4. The van der Waals surface area contributed by atoms with Crippen molar-refractivity contribution in [3.63, 3.8) is 0 Å². The summed E-state index contributed by atoms with van der Waals surface area (Å²) in [4.78, 5) is 14.0. The van der Waals surface area contributed by atoms with Crippen LogP contribution in [-0.2, 0) is 17.5 Å². The van der Waals surface area contributed by atoms with Gasteiger partial charge in [-0.05, 0) is 29.5 Å². The van der Waals surface area contributed by atoms with Crippen molar-refractivity contribution >= 4 is 5.91 Å². The molecule has 0 atom stereocenters. The van der Waals surface area contributed by atoms with Crippen LogP contribution in [0.2, 0.25) is 0 Å². The average Bonchev–Trinajstić information content (AvgIpc) is 2.49. The molecule has 0 spiro atoms. The van der Waals surface area contributed by atoms with E-state index in [1.54, 1.807) is 0 Å². The molecule has 0 aliphatic rings. The Kier molecular flexibility index (Phi) is 8.02. The second-order valence-electron chi connectivity index (χ2n) is 7.42. The number of carbonyl (C=O) groups excluding carboxylic acids is 1. The summed E-state index contributed by atoms with van der Waals surface area (Å²) >= 11 is 0. The molecule has 8 heteroatoms. The fraction of sp³-hybridized carbons (Fsp3) is 0.611. The first kappa shape index (κ1) is 22.4. The lowest BCUT2D eigenvalue weighted by molar-refractivity contribution is -0.138. The van der Waals surface area contributed by atoms with E-state index in [-0.39, 0.29) is 30.7 Å². The third-order valence-electron chi connectivity index (χ3n) is 3.55. The maximum Gasteiger partial charge on any atom is 0.416 e. The van der Waals surface area contributed by atoms with Gasteiger partial charge in [0.25, 0.3) is 0 Å². The van der Waals surface area contributed by atoms with E-state index in [0.717, 1.165) is 12.1 Å². The standard InChI is InChI=1S/C18H26F4N2O2/c1-17(2,3)12-24(7-4-8-25)11-16(26)23-10-13-5-6-14(19)9-15(13)18(20,21)22/h5-6,9,25H,4,7-8,10-12H2,1-3H3,(H,23,26). The van der Waals surface area contributed by atoms with Crippen molar-refractivity contribution in [3.05, 3.63) is 35.1 Å². The van der Waals surface area contributed by atoms with Gasteiger partial charge in [-0.25, -0.2) is 4.39 Å². The number of nitrogens with one attached hydrogen (secondary N) is 1. The Labute approximate surface area is 151 Å². The van der Waals surface area contributed by atoms with E-state index in [4.69, 9.17) is 5.11 Å². The first-order valence-electron chi connectivity index (χ1n) is 8.38. The van der Waals surface area contributed by atoms with E-state index in [1.165, 1.54) is 0 Å². The molecule has 0 saturated carbocycles. The van der Waals surface area contributed by atoms with Gasteiger partial charge in [0.05, 0.1) is 12.1 Å². The molecule has 1 rings (SSSR count). The Morgan fingerprint density at radius 3 is 2.42 bits per heavy atom. The number of hydrogen-bond acceptors (Lipinski definition) is 3. The van der Waals surface area contributed by atoms with Gasteiger partial charge in [0.2, 0.25) is 5.91 Å². The third-order valence-corrected chi connectivity index (χ3v) is 3.55. The Bertz CT molecular complexity index is 598. The van der Waals surface area contributed by atoms with Crippen LogP contribution in [-0.4, -0.2) is 42.2 Å². The highest BCUT2D eigenvalue weighted by atomic mass is 19.4. The lowest BCUT2D eigenvalue weighted by Crippen LogP contribution is -2.41. The largest absolute Gasteiger partial charge is 0.416 e. The minimum absolute atomic E-state index is 0.00716. The molecule has 0 saturated heterocycles. The zero-order valence-corrected chi connectivity index (χ0v) is 15.3. The predicted octanol–water partition coefficient (Wildman–Crippen LogP) is 3.19. The summed E-state index contributed by atoms with van der Waals surface area (Å²) in [6.45, 7) is 6.79. The Balaban J connectivity index is 2.73. The smallest absolute Gasteiger partial charge is 0.396 e. The van der Waals surface area contributed by atoms with Crippen molar-refractivity contribution in [3.8, 4) is 0 Å². The Morgan fingerprint density at radius 1 is 1.23 bits per heavy atom. The summed E-state index contributed by atoms with van der Waals surface area (Å²) in [5, 5.41) is 11.4. The molecule has 1 aromatic carbocycles. The van der Waals surface area contributed by atoms with E-state index < -0.39 is 23.5 Å². The normalized spacial score (nSPS) is 12.5. The molecular formula is C18H26F4N2O2. The SMILES string of the molecule is CC(C)(C)CN(CCCO)CC(=O)NCc1ccc(F)cc1C(F)(F)F. The maximum absolute atomic E-state index is 13.1. The molecule has 0 bridgehead atoms. The summed E-state index contributed by atoms with van der Waals surface area (Å²) in [5.41, 5.74) is -1.36. The molecule has 0 radical (unpaired) electrons. The number of alkyl halides is 3. The quantitative estimate of drug-likeness (QED) is 0.683. The molecule has 0 unspecified atom stereocenters. The van der Waals surface area contributed by atoms with Crippen LogP contribution in [0.15, 0.2) is 18.2 Å². The number of aliphatic hydroxyl groups excluding tert-OH is 1. The predicted molar refractivity (Wildman–Crippen MR) is 90.8 cm³/mol. The number of aliphatic hydroxyl groups is 1. The van der Waals surface area contributed by atoms with Gasteiger partial charge in [-0.3, -0.25) is 9.69 Å². The minimum atomic E-state index is -4.69. The van der Waals surface area contributed by atoms with E-state index in [1.807, 2.05) is 25.7 Å². The van der Waals surface area contributed by atoms with Gasteiger partial charge >= 0.3 is 6.18 Å². The molecule has 0 aliphatic carbocycles. The first-order chi connectivity index (χ1) is 11.9. The van der Waals surface area contributed by atoms with Crippen molar-refractivity contribution in [1.82, 2.24) is 10.2 Å². The van der Waals surface area contributed by atoms with Gasteiger partial charge < -0.3 is 10.4 Å². The number of carbonyl (C=O) groups is 1. The minimum Gasteiger partial charge on any atom is -0.396 e. The molecule has 2 N–H and O–H groups in total. The summed E-state index contributed by atoms with van der Waals surface area (Å²) in [6.07, 6.45) is -4.19. The number of benzene rings is 1. The molecule has 0 aromatic heterocycles. The summed E-state index contributed by atoms with van der Waals surface area (Å²) in [7, 11) is 0. The van der Waals surface area contributed by atoms with Crippen LogP contribution >= 0.6 is 0 Å². The van der Waals surface area contributed by atoms with Gasteiger partial charge in [-0.1, -0.05) is 26.8 Å². The second-order valence-corrected chi connectivity index (χ2v) is 7.42. The summed E-state index contributed by atoms with van der Waals surface area (Å²) in [6, 6.07) is 2.38. The van der Waals surface area contributed by atoms with Crippen molar-refractivity contribution in [2.75, 3.05) is 26.2 Å². The number of nitrogens with zero attached hydrogens (tertiary/aromatic N) is 1.